The Morgan fingerprint density at radius 1 is 1.28 bits per heavy atom. The maximum absolute atomic E-state index is 13.0. The highest BCUT2D eigenvalue weighted by Crippen LogP contribution is 2.29. The van der Waals surface area contributed by atoms with Gasteiger partial charge in [-0.25, -0.2) is 9.37 Å². The van der Waals surface area contributed by atoms with Crippen LogP contribution in [-0.4, -0.2) is 37.2 Å². The van der Waals surface area contributed by atoms with Crippen molar-refractivity contribution in [1.82, 2.24) is 10.3 Å². The zero-order chi connectivity index (χ0) is 17.7. The van der Waals surface area contributed by atoms with E-state index >= 15 is 0 Å². The van der Waals surface area contributed by atoms with E-state index in [0.29, 0.717) is 57.0 Å². The summed E-state index contributed by atoms with van der Waals surface area (Å²) in [5.74, 6) is 0.102. The Morgan fingerprint density at radius 3 is 2.68 bits per heavy atom. The molecule has 3 rings (SSSR count). The van der Waals surface area contributed by atoms with Crippen molar-refractivity contribution >= 4 is 5.91 Å². The van der Waals surface area contributed by atoms with Crippen molar-refractivity contribution in [3.05, 3.63) is 42.0 Å². The second-order valence-electron chi connectivity index (χ2n) is 6.25. The van der Waals surface area contributed by atoms with Gasteiger partial charge in [-0.1, -0.05) is 0 Å². The molecule has 6 nitrogen and oxygen atoms in total. The van der Waals surface area contributed by atoms with Crippen LogP contribution in [0.4, 0.5) is 4.39 Å². The third-order valence-electron chi connectivity index (χ3n) is 4.63. The van der Waals surface area contributed by atoms with Gasteiger partial charge in [-0.05, 0) is 37.1 Å². The summed E-state index contributed by atoms with van der Waals surface area (Å²) in [4.78, 5) is 16.8. The first-order valence-corrected chi connectivity index (χ1v) is 8.39. The van der Waals surface area contributed by atoms with Crippen molar-refractivity contribution in [1.29, 1.82) is 0 Å². The lowest BCUT2D eigenvalue weighted by Crippen LogP contribution is -2.49. The van der Waals surface area contributed by atoms with Crippen molar-refractivity contribution in [2.45, 2.75) is 19.3 Å². The highest BCUT2D eigenvalue weighted by Gasteiger charge is 2.38. The van der Waals surface area contributed by atoms with E-state index in [9.17, 15) is 9.18 Å². The maximum Gasteiger partial charge on any atom is 0.227 e. The fraction of sp³-hybridized carbons (Fsp3) is 0.444. The number of carbonyl (C=O) groups excluding carboxylic acids is 1. The predicted molar refractivity (Wildman–Crippen MR) is 90.2 cm³/mol. The lowest BCUT2D eigenvalue weighted by Gasteiger charge is -2.34. The third kappa shape index (κ3) is 4.05. The number of ether oxygens (including phenoxy) is 1. The lowest BCUT2D eigenvalue weighted by atomic mass is 9.79. The summed E-state index contributed by atoms with van der Waals surface area (Å²) in [5, 5.41) is 2.94. The van der Waals surface area contributed by atoms with Crippen LogP contribution in [0.15, 0.2) is 34.9 Å². The summed E-state index contributed by atoms with van der Waals surface area (Å²) in [5.41, 5.74) is 6.74. The van der Waals surface area contributed by atoms with E-state index in [4.69, 9.17) is 14.9 Å². The molecule has 1 saturated heterocycles. The van der Waals surface area contributed by atoms with Gasteiger partial charge in [-0.15, -0.1) is 0 Å². The fourth-order valence-electron chi connectivity index (χ4n) is 2.92. The molecule has 0 spiro atoms. The summed E-state index contributed by atoms with van der Waals surface area (Å²) in [6.45, 7) is 1.90. The van der Waals surface area contributed by atoms with E-state index in [1.807, 2.05) is 0 Å². The van der Waals surface area contributed by atoms with E-state index in [2.05, 4.69) is 10.3 Å². The average molecular weight is 347 g/mol. The molecule has 1 amide bonds. The second-order valence-corrected chi connectivity index (χ2v) is 6.25. The van der Waals surface area contributed by atoms with Gasteiger partial charge in [-0.3, -0.25) is 4.79 Å². The molecule has 1 aromatic carbocycles. The monoisotopic (exact) mass is 347 g/mol. The summed E-state index contributed by atoms with van der Waals surface area (Å²) in [6.07, 6.45) is 3.40. The van der Waals surface area contributed by atoms with Gasteiger partial charge in [0.25, 0.3) is 0 Å². The maximum atomic E-state index is 13.0. The Morgan fingerprint density at radius 2 is 2.00 bits per heavy atom. The summed E-state index contributed by atoms with van der Waals surface area (Å²) >= 11 is 0. The van der Waals surface area contributed by atoms with Gasteiger partial charge in [0, 0.05) is 38.3 Å². The van der Waals surface area contributed by atoms with Crippen molar-refractivity contribution in [2.24, 2.45) is 11.1 Å². The minimum atomic E-state index is -0.526. The minimum absolute atomic E-state index is 0.0273. The van der Waals surface area contributed by atoms with Crippen LogP contribution in [0.5, 0.6) is 0 Å². The Labute approximate surface area is 145 Å². The molecule has 0 radical (unpaired) electrons. The molecule has 0 unspecified atom stereocenters. The molecule has 2 aromatic rings. The molecule has 3 N–H and O–H groups in total. The molecule has 1 aliphatic heterocycles. The summed E-state index contributed by atoms with van der Waals surface area (Å²) in [7, 11) is 0. The number of rotatable bonds is 6. The van der Waals surface area contributed by atoms with Crippen LogP contribution in [0.1, 0.15) is 18.5 Å². The Bertz CT molecular complexity index is 709. The standard InChI is InChI=1S/C18H22FN3O3/c19-14-3-1-13(2-4-14)16-22-15(11-25-16)5-8-21-17(23)18(12-20)6-9-24-10-7-18/h1-4,11H,5-10,12,20H2,(H,21,23). The number of benzene rings is 1. The second kappa shape index (κ2) is 7.76. The predicted octanol–water partition coefficient (Wildman–Crippen LogP) is 1.89. The minimum Gasteiger partial charge on any atom is -0.444 e. The van der Waals surface area contributed by atoms with Gasteiger partial charge >= 0.3 is 0 Å². The highest BCUT2D eigenvalue weighted by atomic mass is 19.1. The van der Waals surface area contributed by atoms with Crippen molar-refractivity contribution in [3.63, 3.8) is 0 Å². The normalized spacial score (nSPS) is 16.6. The van der Waals surface area contributed by atoms with Crippen LogP contribution in [0, 0.1) is 11.2 Å². The molecule has 7 heteroatoms. The number of oxazole rings is 1. The van der Waals surface area contributed by atoms with Gasteiger partial charge in [0.15, 0.2) is 0 Å². The third-order valence-corrected chi connectivity index (χ3v) is 4.63. The SMILES string of the molecule is NCC1(C(=O)NCCc2coc(-c3ccc(F)cc3)n2)CCOCC1. The number of nitrogens with two attached hydrogens (primary N) is 1. The van der Waals surface area contributed by atoms with Gasteiger partial charge in [0.05, 0.1) is 11.1 Å². The number of halogens is 1. The molecule has 134 valence electrons. The van der Waals surface area contributed by atoms with Crippen LogP contribution >= 0.6 is 0 Å². The van der Waals surface area contributed by atoms with Crippen molar-refractivity contribution in [2.75, 3.05) is 26.3 Å². The molecule has 0 aliphatic carbocycles. The summed E-state index contributed by atoms with van der Waals surface area (Å²) < 4.78 is 23.7. The number of carbonyl (C=O) groups is 1. The molecule has 25 heavy (non-hydrogen) atoms. The van der Waals surface area contributed by atoms with Gasteiger partial charge in [-0.2, -0.15) is 0 Å². The van der Waals surface area contributed by atoms with E-state index in [1.165, 1.54) is 12.1 Å². The molecule has 1 fully saturated rings. The quantitative estimate of drug-likeness (QED) is 0.833. The molecule has 2 heterocycles. The van der Waals surface area contributed by atoms with Crippen molar-refractivity contribution < 1.29 is 18.3 Å². The number of aromatic nitrogens is 1. The highest BCUT2D eigenvalue weighted by molar-refractivity contribution is 5.83. The number of nitrogens with one attached hydrogen (secondary N) is 1. The zero-order valence-corrected chi connectivity index (χ0v) is 14.0. The first kappa shape index (κ1) is 17.6. The molecule has 1 aliphatic rings. The molecule has 1 aromatic heterocycles. The number of hydrogen-bond donors (Lipinski definition) is 2. The van der Waals surface area contributed by atoms with Crippen LogP contribution in [0.25, 0.3) is 11.5 Å². The first-order valence-electron chi connectivity index (χ1n) is 8.39. The Balaban J connectivity index is 1.54. The van der Waals surface area contributed by atoms with E-state index in [1.54, 1.807) is 18.4 Å². The van der Waals surface area contributed by atoms with E-state index in [-0.39, 0.29) is 11.7 Å². The molecule has 0 saturated carbocycles. The van der Waals surface area contributed by atoms with Gasteiger partial charge in [0.2, 0.25) is 11.8 Å². The lowest BCUT2D eigenvalue weighted by molar-refractivity contribution is -0.135. The number of hydrogen-bond acceptors (Lipinski definition) is 5. The van der Waals surface area contributed by atoms with Crippen LogP contribution in [-0.2, 0) is 16.0 Å². The van der Waals surface area contributed by atoms with Crippen molar-refractivity contribution in [3.8, 4) is 11.5 Å². The number of amides is 1. The zero-order valence-electron chi connectivity index (χ0n) is 14.0. The topological polar surface area (TPSA) is 90.4 Å². The Hall–Kier alpha value is -2.25. The molecular weight excluding hydrogens is 325 g/mol. The molecule has 0 atom stereocenters. The molecular formula is C18H22FN3O3. The Kier molecular flexibility index (Phi) is 5.45. The van der Waals surface area contributed by atoms with Gasteiger partial charge < -0.3 is 20.2 Å². The van der Waals surface area contributed by atoms with Gasteiger partial charge in [0.1, 0.15) is 12.1 Å². The number of nitrogens with zero attached hydrogens (tertiary/aromatic N) is 1. The van der Waals surface area contributed by atoms with Crippen LogP contribution in [0.3, 0.4) is 0 Å². The smallest absolute Gasteiger partial charge is 0.227 e. The van der Waals surface area contributed by atoms with E-state index < -0.39 is 5.41 Å². The largest absolute Gasteiger partial charge is 0.444 e. The van der Waals surface area contributed by atoms with E-state index in [0.717, 1.165) is 5.69 Å². The first-order chi connectivity index (χ1) is 12.1. The van der Waals surface area contributed by atoms with Crippen LogP contribution in [0.2, 0.25) is 0 Å². The van der Waals surface area contributed by atoms with Crippen LogP contribution < -0.4 is 11.1 Å². The summed E-state index contributed by atoms with van der Waals surface area (Å²) in [6, 6.07) is 5.95. The fourth-order valence-corrected chi connectivity index (χ4v) is 2.92. The molecule has 0 bridgehead atoms. The average Bonchev–Trinajstić information content (AvgIpc) is 3.11.